The SMILES string of the molecule is Cc1nccn1Cc1cccc(CN=C(N)N2CCSCC2)c1.I. The zero-order valence-corrected chi connectivity index (χ0v) is 17.0. The average Bonchev–Trinajstić information content (AvgIpc) is 2.99. The standard InChI is InChI=1S/C17H23N5S.HI/c1-14-19-5-6-22(14)13-16-4-2-3-15(11-16)12-20-17(18)21-7-9-23-10-8-21;/h2-6,11H,7-10,12-13H2,1H3,(H2,18,20);1H. The van der Waals surface area contributed by atoms with Crippen molar-refractivity contribution in [1.29, 1.82) is 0 Å². The van der Waals surface area contributed by atoms with E-state index in [0.717, 1.165) is 37.0 Å². The summed E-state index contributed by atoms with van der Waals surface area (Å²) in [4.78, 5) is 11.0. The van der Waals surface area contributed by atoms with Crippen LogP contribution >= 0.6 is 35.7 Å². The molecule has 1 fully saturated rings. The number of imidazole rings is 1. The van der Waals surface area contributed by atoms with E-state index in [2.05, 4.69) is 43.7 Å². The molecule has 24 heavy (non-hydrogen) atoms. The summed E-state index contributed by atoms with van der Waals surface area (Å²) < 4.78 is 2.14. The van der Waals surface area contributed by atoms with Crippen LogP contribution in [-0.4, -0.2) is 45.0 Å². The quantitative estimate of drug-likeness (QED) is 0.436. The van der Waals surface area contributed by atoms with Crippen LogP contribution in [0.25, 0.3) is 0 Å². The first-order valence-electron chi connectivity index (χ1n) is 7.90. The molecular weight excluding hydrogens is 433 g/mol. The number of nitrogens with two attached hydrogens (primary N) is 1. The van der Waals surface area contributed by atoms with Gasteiger partial charge in [-0.3, -0.25) is 0 Å². The highest BCUT2D eigenvalue weighted by Gasteiger charge is 2.11. The Kier molecular flexibility index (Phi) is 7.41. The second-order valence-electron chi connectivity index (χ2n) is 5.70. The third kappa shape index (κ3) is 5.14. The average molecular weight is 457 g/mol. The minimum atomic E-state index is 0. The molecule has 1 aromatic heterocycles. The minimum Gasteiger partial charge on any atom is -0.370 e. The van der Waals surface area contributed by atoms with Crippen LogP contribution in [-0.2, 0) is 13.1 Å². The van der Waals surface area contributed by atoms with Gasteiger partial charge in [-0.1, -0.05) is 24.3 Å². The van der Waals surface area contributed by atoms with E-state index in [9.17, 15) is 0 Å². The molecule has 130 valence electrons. The van der Waals surface area contributed by atoms with Crippen LogP contribution in [0.5, 0.6) is 0 Å². The first-order chi connectivity index (χ1) is 11.2. The predicted octanol–water partition coefficient (Wildman–Crippen LogP) is 2.72. The van der Waals surface area contributed by atoms with E-state index >= 15 is 0 Å². The van der Waals surface area contributed by atoms with E-state index in [1.165, 1.54) is 11.1 Å². The molecule has 0 spiro atoms. The predicted molar refractivity (Wildman–Crippen MR) is 112 cm³/mol. The Bertz CT molecular complexity index is 679. The molecule has 0 saturated carbocycles. The molecule has 1 aliphatic heterocycles. The molecule has 2 aromatic rings. The normalized spacial score (nSPS) is 15.2. The zero-order chi connectivity index (χ0) is 16.1. The summed E-state index contributed by atoms with van der Waals surface area (Å²) in [6.07, 6.45) is 3.84. The molecule has 1 aromatic carbocycles. The number of benzene rings is 1. The van der Waals surface area contributed by atoms with Gasteiger partial charge in [0, 0.05) is 43.5 Å². The number of aromatic nitrogens is 2. The van der Waals surface area contributed by atoms with Gasteiger partial charge in [0.1, 0.15) is 5.82 Å². The van der Waals surface area contributed by atoms with Gasteiger partial charge < -0.3 is 15.2 Å². The van der Waals surface area contributed by atoms with Gasteiger partial charge in [0.05, 0.1) is 6.54 Å². The third-order valence-corrected chi connectivity index (χ3v) is 4.97. The number of aryl methyl sites for hydroxylation is 1. The molecule has 1 aliphatic rings. The van der Waals surface area contributed by atoms with Gasteiger partial charge in [0.15, 0.2) is 5.96 Å². The molecule has 0 bridgehead atoms. The first-order valence-corrected chi connectivity index (χ1v) is 9.06. The van der Waals surface area contributed by atoms with Crippen molar-refractivity contribution in [2.75, 3.05) is 24.6 Å². The van der Waals surface area contributed by atoms with E-state index in [0.29, 0.717) is 12.5 Å². The van der Waals surface area contributed by atoms with Crippen LogP contribution in [0.3, 0.4) is 0 Å². The van der Waals surface area contributed by atoms with Gasteiger partial charge in [-0.25, -0.2) is 9.98 Å². The summed E-state index contributed by atoms with van der Waals surface area (Å²) in [7, 11) is 0. The van der Waals surface area contributed by atoms with Crippen LogP contribution in [0.2, 0.25) is 0 Å². The Morgan fingerprint density at radius 2 is 2.04 bits per heavy atom. The number of nitrogens with zero attached hydrogens (tertiary/aromatic N) is 4. The van der Waals surface area contributed by atoms with Crippen LogP contribution in [0.4, 0.5) is 0 Å². The number of rotatable bonds is 4. The lowest BCUT2D eigenvalue weighted by Crippen LogP contribution is -2.42. The van der Waals surface area contributed by atoms with E-state index in [1.807, 2.05) is 31.1 Å². The Morgan fingerprint density at radius 1 is 1.29 bits per heavy atom. The zero-order valence-electron chi connectivity index (χ0n) is 13.9. The van der Waals surface area contributed by atoms with Crippen LogP contribution in [0.15, 0.2) is 41.7 Å². The van der Waals surface area contributed by atoms with Crippen molar-refractivity contribution in [1.82, 2.24) is 14.5 Å². The van der Waals surface area contributed by atoms with Crippen molar-refractivity contribution in [3.8, 4) is 0 Å². The summed E-state index contributed by atoms with van der Waals surface area (Å²) in [5.74, 6) is 3.97. The molecule has 0 amide bonds. The van der Waals surface area contributed by atoms with Crippen molar-refractivity contribution in [2.45, 2.75) is 20.0 Å². The smallest absolute Gasteiger partial charge is 0.191 e. The summed E-state index contributed by atoms with van der Waals surface area (Å²) in [6, 6.07) is 8.52. The lowest BCUT2D eigenvalue weighted by Gasteiger charge is -2.27. The molecule has 0 aliphatic carbocycles. The van der Waals surface area contributed by atoms with Gasteiger partial charge >= 0.3 is 0 Å². The summed E-state index contributed by atoms with van der Waals surface area (Å²) >= 11 is 1.98. The van der Waals surface area contributed by atoms with Crippen LogP contribution in [0, 0.1) is 6.92 Å². The van der Waals surface area contributed by atoms with Crippen molar-refractivity contribution in [2.24, 2.45) is 10.7 Å². The number of aliphatic imine (C=N–C) groups is 1. The van der Waals surface area contributed by atoms with Gasteiger partial charge in [0.2, 0.25) is 0 Å². The van der Waals surface area contributed by atoms with Crippen LogP contribution < -0.4 is 5.73 Å². The topological polar surface area (TPSA) is 59.4 Å². The van der Waals surface area contributed by atoms with Gasteiger partial charge in [-0.15, -0.1) is 24.0 Å². The Hall–Kier alpha value is -1.22. The van der Waals surface area contributed by atoms with Gasteiger partial charge in [-0.05, 0) is 18.1 Å². The van der Waals surface area contributed by atoms with E-state index < -0.39 is 0 Å². The van der Waals surface area contributed by atoms with Gasteiger partial charge in [0.25, 0.3) is 0 Å². The number of thioether (sulfide) groups is 1. The first kappa shape index (κ1) is 19.1. The fraction of sp³-hybridized carbons (Fsp3) is 0.412. The molecule has 0 atom stereocenters. The largest absolute Gasteiger partial charge is 0.370 e. The lowest BCUT2D eigenvalue weighted by molar-refractivity contribution is 0.455. The van der Waals surface area contributed by atoms with Crippen molar-refractivity contribution in [3.63, 3.8) is 0 Å². The van der Waals surface area contributed by atoms with E-state index in [4.69, 9.17) is 5.73 Å². The maximum Gasteiger partial charge on any atom is 0.191 e. The fourth-order valence-electron chi connectivity index (χ4n) is 2.66. The molecule has 7 heteroatoms. The molecule has 2 N–H and O–H groups in total. The van der Waals surface area contributed by atoms with Crippen molar-refractivity contribution < 1.29 is 0 Å². The molecule has 2 heterocycles. The molecule has 0 unspecified atom stereocenters. The van der Waals surface area contributed by atoms with Crippen molar-refractivity contribution in [3.05, 3.63) is 53.6 Å². The Labute approximate surface area is 164 Å². The summed E-state index contributed by atoms with van der Waals surface area (Å²) in [6.45, 7) is 5.49. The van der Waals surface area contributed by atoms with Crippen LogP contribution in [0.1, 0.15) is 17.0 Å². The van der Waals surface area contributed by atoms with Gasteiger partial charge in [-0.2, -0.15) is 11.8 Å². The Balaban J connectivity index is 0.00000208. The second kappa shape index (κ2) is 9.31. The number of hydrogen-bond donors (Lipinski definition) is 1. The highest BCUT2D eigenvalue weighted by molar-refractivity contribution is 14.0. The maximum atomic E-state index is 6.12. The Morgan fingerprint density at radius 3 is 2.75 bits per heavy atom. The molecule has 5 nitrogen and oxygen atoms in total. The minimum absolute atomic E-state index is 0. The summed E-state index contributed by atoms with van der Waals surface area (Å²) in [5, 5.41) is 0. The highest BCUT2D eigenvalue weighted by Crippen LogP contribution is 2.11. The molecule has 0 radical (unpaired) electrons. The number of halogens is 1. The van der Waals surface area contributed by atoms with E-state index in [-0.39, 0.29) is 24.0 Å². The second-order valence-corrected chi connectivity index (χ2v) is 6.92. The van der Waals surface area contributed by atoms with E-state index in [1.54, 1.807) is 0 Å². The highest BCUT2D eigenvalue weighted by atomic mass is 127. The molecule has 1 saturated heterocycles. The third-order valence-electron chi connectivity index (χ3n) is 4.03. The lowest BCUT2D eigenvalue weighted by atomic mass is 10.1. The molecule has 3 rings (SSSR count). The maximum absolute atomic E-state index is 6.12. The fourth-order valence-corrected chi connectivity index (χ4v) is 3.56. The number of guanidine groups is 1. The monoisotopic (exact) mass is 457 g/mol. The number of hydrogen-bond acceptors (Lipinski definition) is 3. The molecular formula is C17H24IN5S. The van der Waals surface area contributed by atoms with Crippen molar-refractivity contribution >= 4 is 41.7 Å². The summed E-state index contributed by atoms with van der Waals surface area (Å²) in [5.41, 5.74) is 8.56.